The number of carboxylic acids is 2. The first-order valence-electron chi connectivity index (χ1n) is 6.98. The number of unbranched alkanes of at least 4 members (excludes halogenated alkanes) is 6. The van der Waals surface area contributed by atoms with Crippen LogP contribution in [0.2, 0.25) is 0 Å². The second kappa shape index (κ2) is 22.3. The molecule has 0 aromatic rings. The smallest absolute Gasteiger partial charge is 0.550 e. The summed E-state index contributed by atoms with van der Waals surface area (Å²) in [6, 6.07) is 0. The molecule has 0 unspecified atom stereocenters. The SMILES string of the molecule is O=C([O-])CCCCCC#CC#CCCCCCC(=O)[O-].[K+].[K+]. The molecule has 0 radical (unpaired) electrons. The predicted molar refractivity (Wildman–Crippen MR) is 71.7 cm³/mol. The van der Waals surface area contributed by atoms with Gasteiger partial charge in [0.2, 0.25) is 0 Å². The first-order chi connectivity index (χ1) is 9.63. The maximum absolute atomic E-state index is 10.1. The zero-order valence-electron chi connectivity index (χ0n) is 13.7. The molecule has 0 spiro atoms. The van der Waals surface area contributed by atoms with Crippen LogP contribution in [0.15, 0.2) is 0 Å². The van der Waals surface area contributed by atoms with Crippen molar-refractivity contribution in [3.63, 3.8) is 0 Å². The van der Waals surface area contributed by atoms with Gasteiger partial charge in [-0.1, -0.05) is 24.7 Å². The van der Waals surface area contributed by atoms with E-state index in [1.165, 1.54) is 0 Å². The van der Waals surface area contributed by atoms with E-state index in [2.05, 4.69) is 23.7 Å². The number of carbonyl (C=O) groups excluding carboxylic acids is 2. The summed E-state index contributed by atoms with van der Waals surface area (Å²) in [4.78, 5) is 20.3. The number of hydrogen-bond acceptors (Lipinski definition) is 4. The minimum absolute atomic E-state index is 0. The van der Waals surface area contributed by atoms with Crippen molar-refractivity contribution in [2.75, 3.05) is 0 Å². The number of rotatable bonds is 10. The molecular formula is C16H20K2O4. The van der Waals surface area contributed by atoms with Gasteiger partial charge < -0.3 is 19.8 Å². The minimum atomic E-state index is -0.999. The first kappa shape index (κ1) is 28.1. The summed E-state index contributed by atoms with van der Waals surface area (Å²) in [5.41, 5.74) is 0. The second-order valence-electron chi connectivity index (χ2n) is 4.47. The Bertz CT molecular complexity index is 373. The number of aliphatic carboxylic acids is 2. The van der Waals surface area contributed by atoms with Crippen LogP contribution in [-0.4, -0.2) is 11.9 Å². The Morgan fingerprint density at radius 3 is 1.32 bits per heavy atom. The summed E-state index contributed by atoms with van der Waals surface area (Å²) in [6.07, 6.45) is 6.42. The van der Waals surface area contributed by atoms with Gasteiger partial charge in [-0.3, -0.25) is 0 Å². The third-order valence-electron chi connectivity index (χ3n) is 2.60. The summed E-state index contributed by atoms with van der Waals surface area (Å²) in [7, 11) is 0. The fourth-order valence-electron chi connectivity index (χ4n) is 1.53. The predicted octanol–water partition coefficient (Wildman–Crippen LogP) is -5.60. The Kier molecular flexibility index (Phi) is 28.6. The van der Waals surface area contributed by atoms with Gasteiger partial charge >= 0.3 is 103 Å². The monoisotopic (exact) mass is 354 g/mol. The van der Waals surface area contributed by atoms with Gasteiger partial charge in [0.05, 0.1) is 0 Å². The van der Waals surface area contributed by atoms with Gasteiger partial charge in [-0.05, 0) is 50.4 Å². The van der Waals surface area contributed by atoms with Crippen LogP contribution in [0.4, 0.5) is 0 Å². The minimum Gasteiger partial charge on any atom is -0.550 e. The maximum atomic E-state index is 10.1. The summed E-state index contributed by atoms with van der Waals surface area (Å²) < 4.78 is 0. The van der Waals surface area contributed by atoms with Gasteiger partial charge in [-0.25, -0.2) is 0 Å². The quantitative estimate of drug-likeness (QED) is 0.223. The Morgan fingerprint density at radius 1 is 0.636 bits per heavy atom. The topological polar surface area (TPSA) is 80.3 Å². The van der Waals surface area contributed by atoms with Crippen LogP contribution < -0.4 is 113 Å². The molecule has 0 saturated carbocycles. The molecule has 0 amide bonds. The van der Waals surface area contributed by atoms with Crippen molar-refractivity contribution in [2.24, 2.45) is 0 Å². The van der Waals surface area contributed by atoms with Crippen molar-refractivity contribution in [1.29, 1.82) is 0 Å². The van der Waals surface area contributed by atoms with Crippen LogP contribution in [0.25, 0.3) is 0 Å². The molecule has 22 heavy (non-hydrogen) atoms. The molecule has 6 heteroatoms. The Labute approximate surface area is 218 Å². The van der Waals surface area contributed by atoms with Gasteiger partial charge in [0.25, 0.3) is 0 Å². The van der Waals surface area contributed by atoms with Crippen molar-refractivity contribution in [3.8, 4) is 23.7 Å². The van der Waals surface area contributed by atoms with E-state index < -0.39 is 11.9 Å². The van der Waals surface area contributed by atoms with E-state index in [1.54, 1.807) is 0 Å². The Balaban J connectivity index is -0.00000180. The summed E-state index contributed by atoms with van der Waals surface area (Å²) in [5.74, 6) is 9.34. The fourth-order valence-corrected chi connectivity index (χ4v) is 1.53. The van der Waals surface area contributed by atoms with Crippen LogP contribution in [0.1, 0.15) is 64.2 Å². The van der Waals surface area contributed by atoms with E-state index in [0.717, 1.165) is 38.5 Å². The van der Waals surface area contributed by atoms with Gasteiger partial charge in [-0.15, -0.1) is 0 Å². The van der Waals surface area contributed by atoms with Crippen LogP contribution >= 0.6 is 0 Å². The molecule has 110 valence electrons. The molecule has 0 saturated heterocycles. The molecule has 0 aromatic carbocycles. The number of hydrogen-bond donors (Lipinski definition) is 0. The van der Waals surface area contributed by atoms with E-state index in [0.29, 0.717) is 12.8 Å². The van der Waals surface area contributed by atoms with E-state index >= 15 is 0 Å². The molecule has 0 heterocycles. The molecule has 0 aliphatic heterocycles. The molecule has 0 fully saturated rings. The summed E-state index contributed by atoms with van der Waals surface area (Å²) >= 11 is 0. The molecule has 0 N–H and O–H groups in total. The van der Waals surface area contributed by atoms with E-state index in [4.69, 9.17) is 0 Å². The summed E-state index contributed by atoms with van der Waals surface area (Å²) in [6.45, 7) is 0. The summed E-state index contributed by atoms with van der Waals surface area (Å²) in [5, 5.41) is 20.3. The van der Waals surface area contributed by atoms with Crippen molar-refractivity contribution in [1.82, 2.24) is 0 Å². The van der Waals surface area contributed by atoms with Crippen molar-refractivity contribution >= 4 is 11.9 Å². The van der Waals surface area contributed by atoms with Crippen LogP contribution in [0.3, 0.4) is 0 Å². The molecule has 0 aliphatic carbocycles. The first-order valence-corrected chi connectivity index (χ1v) is 6.98. The molecule has 0 rings (SSSR count). The molecule has 0 atom stereocenters. The van der Waals surface area contributed by atoms with Gasteiger partial charge in [0.15, 0.2) is 0 Å². The molecule has 0 bridgehead atoms. The van der Waals surface area contributed by atoms with Gasteiger partial charge in [-0.2, -0.15) is 0 Å². The Morgan fingerprint density at radius 2 is 1.00 bits per heavy atom. The molecular weight excluding hydrogens is 334 g/mol. The molecule has 0 aliphatic rings. The third-order valence-corrected chi connectivity index (χ3v) is 2.60. The van der Waals surface area contributed by atoms with E-state index in [9.17, 15) is 19.8 Å². The van der Waals surface area contributed by atoms with Crippen LogP contribution in [-0.2, 0) is 9.59 Å². The van der Waals surface area contributed by atoms with Crippen molar-refractivity contribution < 1.29 is 123 Å². The Hall–Kier alpha value is 1.33. The average Bonchev–Trinajstić information content (AvgIpc) is 2.38. The average molecular weight is 355 g/mol. The molecule has 4 nitrogen and oxygen atoms in total. The van der Waals surface area contributed by atoms with E-state index in [1.807, 2.05) is 0 Å². The second-order valence-corrected chi connectivity index (χ2v) is 4.47. The van der Waals surface area contributed by atoms with Crippen molar-refractivity contribution in [2.45, 2.75) is 64.2 Å². The normalized spacial score (nSPS) is 8.18. The fraction of sp³-hybridized carbons (Fsp3) is 0.625. The molecule has 0 aromatic heterocycles. The van der Waals surface area contributed by atoms with Gasteiger partial charge in [0.1, 0.15) is 0 Å². The third kappa shape index (κ3) is 26.2. The van der Waals surface area contributed by atoms with E-state index in [-0.39, 0.29) is 116 Å². The number of carbonyl (C=O) groups is 2. The largest absolute Gasteiger partial charge is 1.00 e. The zero-order chi connectivity index (χ0) is 15.1. The van der Waals surface area contributed by atoms with Crippen molar-refractivity contribution in [3.05, 3.63) is 0 Å². The van der Waals surface area contributed by atoms with Crippen LogP contribution in [0, 0.1) is 23.7 Å². The standard InChI is InChI=1S/C16H22O4.2K/c17-15(18)13-11-9-7-5-3-1-2-4-6-8-10-12-14-16(19)20;;/h5-14H2,(H,17,18)(H,19,20);;/q;2*+1/p-2. The van der Waals surface area contributed by atoms with Crippen LogP contribution in [0.5, 0.6) is 0 Å². The zero-order valence-corrected chi connectivity index (χ0v) is 20.0. The maximum Gasteiger partial charge on any atom is 1.00 e. The van der Waals surface area contributed by atoms with Gasteiger partial charge in [0, 0.05) is 24.8 Å². The number of carboxylic acid groups (broad SMARTS) is 2.